The monoisotopic (exact) mass is 312 g/mol. The van der Waals surface area contributed by atoms with Crippen molar-refractivity contribution in [1.29, 1.82) is 0 Å². The van der Waals surface area contributed by atoms with Gasteiger partial charge in [0.25, 0.3) is 0 Å². The van der Waals surface area contributed by atoms with Gasteiger partial charge in [0.15, 0.2) is 0 Å². The summed E-state index contributed by atoms with van der Waals surface area (Å²) in [6, 6.07) is 0.423. The van der Waals surface area contributed by atoms with E-state index in [0.717, 1.165) is 45.9 Å². The number of amides is 1. The number of piperazine rings is 1. The first kappa shape index (κ1) is 17.7. The highest BCUT2D eigenvalue weighted by Crippen LogP contribution is 2.07. The molecule has 0 saturated carbocycles. The highest BCUT2D eigenvalue weighted by molar-refractivity contribution is 5.78. The van der Waals surface area contributed by atoms with E-state index in [1.165, 1.54) is 0 Å². The summed E-state index contributed by atoms with van der Waals surface area (Å²) in [5, 5.41) is 6.38. The Labute approximate surface area is 134 Å². The van der Waals surface area contributed by atoms with E-state index in [4.69, 9.17) is 4.74 Å². The average Bonchev–Trinajstić information content (AvgIpc) is 2.47. The van der Waals surface area contributed by atoms with Gasteiger partial charge < -0.3 is 15.4 Å². The van der Waals surface area contributed by atoms with Crippen molar-refractivity contribution in [1.82, 2.24) is 20.4 Å². The molecular formula is C16H32N4O2. The molecule has 2 aliphatic heterocycles. The number of ether oxygens (including phenoxy) is 1. The quantitative estimate of drug-likeness (QED) is 0.709. The third-order valence-electron chi connectivity index (χ3n) is 4.36. The Morgan fingerprint density at radius 2 is 2.23 bits per heavy atom. The Balaban J connectivity index is 1.67. The Bertz CT molecular complexity index is 351. The maximum atomic E-state index is 12.1. The summed E-state index contributed by atoms with van der Waals surface area (Å²) in [7, 11) is 0. The number of nitrogens with one attached hydrogen (secondary N) is 2. The van der Waals surface area contributed by atoms with Crippen LogP contribution in [-0.2, 0) is 9.53 Å². The van der Waals surface area contributed by atoms with Gasteiger partial charge in [-0.25, -0.2) is 0 Å². The van der Waals surface area contributed by atoms with Gasteiger partial charge in [0.2, 0.25) is 5.91 Å². The molecule has 1 unspecified atom stereocenters. The van der Waals surface area contributed by atoms with Gasteiger partial charge in [0.1, 0.15) is 0 Å². The summed E-state index contributed by atoms with van der Waals surface area (Å²) in [6.45, 7) is 14.4. The van der Waals surface area contributed by atoms with Crippen LogP contribution in [0.1, 0.15) is 20.8 Å². The summed E-state index contributed by atoms with van der Waals surface area (Å²) in [6.07, 6.45) is 0.122. The lowest BCUT2D eigenvalue weighted by molar-refractivity contribution is -0.124. The molecule has 2 saturated heterocycles. The van der Waals surface area contributed by atoms with Crippen LogP contribution in [0.25, 0.3) is 0 Å². The third kappa shape index (κ3) is 5.83. The van der Waals surface area contributed by atoms with E-state index >= 15 is 0 Å². The minimum atomic E-state index is 0.110. The lowest BCUT2D eigenvalue weighted by atomic mass is 10.2. The molecule has 0 bridgehead atoms. The molecule has 2 aliphatic rings. The topological polar surface area (TPSA) is 56.8 Å². The first-order chi connectivity index (χ1) is 10.5. The minimum Gasteiger partial charge on any atom is -0.374 e. The summed E-state index contributed by atoms with van der Waals surface area (Å²) in [5.41, 5.74) is 0. The summed E-state index contributed by atoms with van der Waals surface area (Å²) >= 11 is 0. The molecule has 0 spiro atoms. The normalized spacial score (nSPS) is 28.0. The lowest BCUT2D eigenvalue weighted by Crippen LogP contribution is -2.54. The molecule has 128 valence electrons. The van der Waals surface area contributed by atoms with Crippen LogP contribution >= 0.6 is 0 Å². The number of carbonyl (C=O) groups excluding carboxylic acids is 1. The number of nitrogens with zero attached hydrogens (tertiary/aromatic N) is 2. The molecule has 2 atom stereocenters. The van der Waals surface area contributed by atoms with Crippen molar-refractivity contribution in [2.75, 3.05) is 59.0 Å². The molecular weight excluding hydrogens is 280 g/mol. The van der Waals surface area contributed by atoms with Crippen LogP contribution in [-0.4, -0.2) is 86.8 Å². The minimum absolute atomic E-state index is 0.110. The van der Waals surface area contributed by atoms with Crippen molar-refractivity contribution in [2.24, 2.45) is 5.92 Å². The second-order valence-corrected chi connectivity index (χ2v) is 6.97. The van der Waals surface area contributed by atoms with Crippen molar-refractivity contribution >= 4 is 5.91 Å². The van der Waals surface area contributed by atoms with Crippen molar-refractivity contribution in [3.63, 3.8) is 0 Å². The zero-order chi connectivity index (χ0) is 15.9. The van der Waals surface area contributed by atoms with E-state index < -0.39 is 0 Å². The number of hydrogen-bond acceptors (Lipinski definition) is 5. The molecule has 22 heavy (non-hydrogen) atoms. The number of rotatable bonds is 6. The molecule has 6 heteroatoms. The number of morpholine rings is 1. The second kappa shape index (κ2) is 8.82. The zero-order valence-corrected chi connectivity index (χ0v) is 14.3. The highest BCUT2D eigenvalue weighted by Gasteiger charge is 2.23. The van der Waals surface area contributed by atoms with Crippen LogP contribution < -0.4 is 10.6 Å². The van der Waals surface area contributed by atoms with Gasteiger partial charge in [-0.3, -0.25) is 14.6 Å². The standard InChI is InChI=1S/C16H32N4O2/c1-13(2)10-19-6-7-22-15(11-19)9-18-16(21)12-20-5-4-17-8-14(20)3/h13-15,17H,4-12H2,1-3H3,(H,18,21)/t14-,15?/m0/s1. The molecule has 2 fully saturated rings. The number of carbonyl (C=O) groups is 1. The fraction of sp³-hybridized carbons (Fsp3) is 0.938. The van der Waals surface area contributed by atoms with Crippen molar-refractivity contribution in [3.05, 3.63) is 0 Å². The molecule has 1 amide bonds. The van der Waals surface area contributed by atoms with E-state index in [9.17, 15) is 4.79 Å². The fourth-order valence-corrected chi connectivity index (χ4v) is 3.17. The van der Waals surface area contributed by atoms with Crippen LogP contribution in [0.3, 0.4) is 0 Å². The predicted octanol–water partition coefficient (Wildman–Crippen LogP) is -0.247. The molecule has 0 radical (unpaired) electrons. The van der Waals surface area contributed by atoms with E-state index in [1.807, 2.05) is 0 Å². The molecule has 2 heterocycles. The van der Waals surface area contributed by atoms with Crippen LogP contribution in [0, 0.1) is 5.92 Å². The van der Waals surface area contributed by atoms with E-state index in [-0.39, 0.29) is 12.0 Å². The Morgan fingerprint density at radius 1 is 1.41 bits per heavy atom. The maximum Gasteiger partial charge on any atom is 0.234 e. The average molecular weight is 312 g/mol. The van der Waals surface area contributed by atoms with Crippen LogP contribution in [0.2, 0.25) is 0 Å². The Hall–Kier alpha value is -0.690. The van der Waals surface area contributed by atoms with Gasteiger partial charge in [-0.05, 0) is 12.8 Å². The maximum absolute atomic E-state index is 12.1. The van der Waals surface area contributed by atoms with Crippen molar-refractivity contribution < 1.29 is 9.53 Å². The first-order valence-electron chi connectivity index (χ1n) is 8.60. The van der Waals surface area contributed by atoms with Gasteiger partial charge in [-0.15, -0.1) is 0 Å². The van der Waals surface area contributed by atoms with E-state index in [1.54, 1.807) is 0 Å². The summed E-state index contributed by atoms with van der Waals surface area (Å²) < 4.78 is 5.77. The third-order valence-corrected chi connectivity index (χ3v) is 4.36. The fourth-order valence-electron chi connectivity index (χ4n) is 3.17. The summed E-state index contributed by atoms with van der Waals surface area (Å²) in [5.74, 6) is 0.779. The SMILES string of the molecule is CC(C)CN1CCOC(CNC(=O)CN2CCNC[C@@H]2C)C1. The van der Waals surface area contributed by atoms with Gasteiger partial charge >= 0.3 is 0 Å². The largest absolute Gasteiger partial charge is 0.374 e. The van der Waals surface area contributed by atoms with Crippen LogP contribution in [0.5, 0.6) is 0 Å². The second-order valence-electron chi connectivity index (χ2n) is 6.97. The molecule has 0 aromatic carbocycles. The molecule has 6 nitrogen and oxygen atoms in total. The van der Waals surface area contributed by atoms with E-state index in [0.29, 0.717) is 25.0 Å². The van der Waals surface area contributed by atoms with Gasteiger partial charge in [-0.1, -0.05) is 13.8 Å². The van der Waals surface area contributed by atoms with Gasteiger partial charge in [0.05, 0.1) is 19.3 Å². The van der Waals surface area contributed by atoms with Crippen molar-refractivity contribution in [3.8, 4) is 0 Å². The molecule has 2 N–H and O–H groups in total. The Morgan fingerprint density at radius 3 is 2.95 bits per heavy atom. The molecule has 0 aromatic heterocycles. The summed E-state index contributed by atoms with van der Waals surface area (Å²) in [4.78, 5) is 16.8. The van der Waals surface area contributed by atoms with Crippen molar-refractivity contribution in [2.45, 2.75) is 32.9 Å². The van der Waals surface area contributed by atoms with E-state index in [2.05, 4.69) is 41.2 Å². The predicted molar refractivity (Wildman–Crippen MR) is 87.9 cm³/mol. The smallest absolute Gasteiger partial charge is 0.234 e. The molecule has 0 aliphatic carbocycles. The molecule has 0 aromatic rings. The lowest BCUT2D eigenvalue weighted by Gasteiger charge is -2.35. The van der Waals surface area contributed by atoms with Crippen LogP contribution in [0.15, 0.2) is 0 Å². The Kier molecular flexibility index (Phi) is 7.08. The highest BCUT2D eigenvalue weighted by atomic mass is 16.5. The van der Waals surface area contributed by atoms with Crippen LogP contribution in [0.4, 0.5) is 0 Å². The van der Waals surface area contributed by atoms with Gasteiger partial charge in [0, 0.05) is 51.9 Å². The van der Waals surface area contributed by atoms with Gasteiger partial charge in [-0.2, -0.15) is 0 Å². The molecule has 2 rings (SSSR count). The zero-order valence-electron chi connectivity index (χ0n) is 14.3. The number of hydrogen-bond donors (Lipinski definition) is 2. The first-order valence-corrected chi connectivity index (χ1v) is 8.60.